The Morgan fingerprint density at radius 3 is 2.04 bits per heavy atom. The Bertz CT molecular complexity index is 1150. The predicted molar refractivity (Wildman–Crippen MR) is 103 cm³/mol. The van der Waals surface area contributed by atoms with Gasteiger partial charge in [0.25, 0.3) is 10.0 Å². The molecule has 4 nitrogen and oxygen atoms in total. The number of aromatic nitrogens is 1. The summed E-state index contributed by atoms with van der Waals surface area (Å²) in [6.45, 7) is 0. The summed E-state index contributed by atoms with van der Waals surface area (Å²) in [5.74, 6) is 0. The van der Waals surface area contributed by atoms with Crippen molar-refractivity contribution in [1.82, 2.24) is 3.97 Å². The minimum absolute atomic E-state index is 0.251. The second-order valence-electron chi connectivity index (χ2n) is 6.10. The largest absolute Gasteiger partial charge is 0.320 e. The van der Waals surface area contributed by atoms with Gasteiger partial charge in [-0.15, -0.1) is 0 Å². The highest BCUT2D eigenvalue weighted by Gasteiger charge is 2.23. The van der Waals surface area contributed by atoms with E-state index in [2.05, 4.69) is 0 Å². The standard InChI is InChI=1S/C21H18N2O2S/c22-21(16-9-3-1-4-10-16)19-15-23(20-14-8-7-13-18(19)20)26(24,25)17-11-5-2-6-12-17/h1-15,21H,22H2. The van der Waals surface area contributed by atoms with Crippen LogP contribution >= 0.6 is 0 Å². The maximum atomic E-state index is 13.1. The number of nitrogens with zero attached hydrogens (tertiary/aromatic N) is 1. The van der Waals surface area contributed by atoms with Crippen LogP contribution in [0.2, 0.25) is 0 Å². The second kappa shape index (κ2) is 6.44. The van der Waals surface area contributed by atoms with Crippen LogP contribution < -0.4 is 5.73 Å². The van der Waals surface area contributed by atoms with Crippen LogP contribution in [0.3, 0.4) is 0 Å². The van der Waals surface area contributed by atoms with Crippen molar-refractivity contribution in [2.45, 2.75) is 10.9 Å². The van der Waals surface area contributed by atoms with E-state index in [0.29, 0.717) is 5.52 Å². The molecule has 130 valence electrons. The van der Waals surface area contributed by atoms with Crippen LogP contribution in [0.25, 0.3) is 10.9 Å². The molecule has 1 atom stereocenters. The van der Waals surface area contributed by atoms with Crippen LogP contribution in [-0.2, 0) is 10.0 Å². The van der Waals surface area contributed by atoms with Gasteiger partial charge >= 0.3 is 0 Å². The summed E-state index contributed by atoms with van der Waals surface area (Å²) in [4.78, 5) is 0.251. The predicted octanol–water partition coefficient (Wildman–Crippen LogP) is 3.93. The van der Waals surface area contributed by atoms with Crippen molar-refractivity contribution in [2.24, 2.45) is 5.73 Å². The van der Waals surface area contributed by atoms with Crippen molar-refractivity contribution in [3.05, 3.63) is 102 Å². The van der Waals surface area contributed by atoms with Crippen molar-refractivity contribution in [1.29, 1.82) is 0 Å². The van der Waals surface area contributed by atoms with E-state index >= 15 is 0 Å². The lowest BCUT2D eigenvalue weighted by Gasteiger charge is -2.11. The highest BCUT2D eigenvalue weighted by atomic mass is 32.2. The van der Waals surface area contributed by atoms with Crippen molar-refractivity contribution >= 4 is 20.9 Å². The molecule has 0 bridgehead atoms. The van der Waals surface area contributed by atoms with Crippen LogP contribution in [0.15, 0.2) is 96.0 Å². The second-order valence-corrected chi connectivity index (χ2v) is 7.92. The van der Waals surface area contributed by atoms with Crippen molar-refractivity contribution in [2.75, 3.05) is 0 Å². The minimum Gasteiger partial charge on any atom is -0.320 e. The average molecular weight is 362 g/mol. The molecule has 1 aromatic heterocycles. The van der Waals surface area contributed by atoms with Gasteiger partial charge in [0.15, 0.2) is 0 Å². The molecule has 0 aliphatic heterocycles. The molecule has 5 heteroatoms. The highest BCUT2D eigenvalue weighted by molar-refractivity contribution is 7.90. The number of fused-ring (bicyclic) bond motifs is 1. The van der Waals surface area contributed by atoms with Gasteiger partial charge in [-0.3, -0.25) is 0 Å². The molecule has 0 fully saturated rings. The SMILES string of the molecule is NC(c1ccccc1)c1cn(S(=O)(=O)c2ccccc2)c2ccccc12. The fraction of sp³-hybridized carbons (Fsp3) is 0.0476. The number of hydrogen-bond donors (Lipinski definition) is 1. The van der Waals surface area contributed by atoms with E-state index in [0.717, 1.165) is 16.5 Å². The summed E-state index contributed by atoms with van der Waals surface area (Å²) in [6.07, 6.45) is 1.64. The Morgan fingerprint density at radius 2 is 1.35 bits per heavy atom. The van der Waals surface area contributed by atoms with Crippen LogP contribution in [0.5, 0.6) is 0 Å². The first-order valence-corrected chi connectivity index (χ1v) is 9.74. The lowest BCUT2D eigenvalue weighted by molar-refractivity contribution is 0.589. The van der Waals surface area contributed by atoms with Gasteiger partial charge in [0.05, 0.1) is 16.5 Å². The fourth-order valence-corrected chi connectivity index (χ4v) is 4.57. The smallest absolute Gasteiger partial charge is 0.268 e. The Labute approximate surface area is 152 Å². The third kappa shape index (κ3) is 2.71. The fourth-order valence-electron chi connectivity index (χ4n) is 3.17. The van der Waals surface area contributed by atoms with Gasteiger partial charge in [-0.2, -0.15) is 0 Å². The first-order valence-electron chi connectivity index (χ1n) is 8.30. The average Bonchev–Trinajstić information content (AvgIpc) is 3.09. The molecule has 0 spiro atoms. The molecule has 4 aromatic rings. The summed E-state index contributed by atoms with van der Waals surface area (Å²) in [6, 6.07) is 25.1. The molecule has 2 N–H and O–H groups in total. The van der Waals surface area contributed by atoms with Gasteiger partial charge in [0.1, 0.15) is 0 Å². The summed E-state index contributed by atoms with van der Waals surface area (Å²) >= 11 is 0. The molecule has 3 aromatic carbocycles. The number of nitrogens with two attached hydrogens (primary N) is 1. The molecular formula is C21H18N2O2S. The molecule has 0 amide bonds. The zero-order valence-corrected chi connectivity index (χ0v) is 14.8. The highest BCUT2D eigenvalue weighted by Crippen LogP contribution is 2.31. The monoisotopic (exact) mass is 362 g/mol. The molecule has 1 unspecified atom stereocenters. The van der Waals surface area contributed by atoms with Crippen LogP contribution in [0.4, 0.5) is 0 Å². The Hall–Kier alpha value is -2.89. The van der Waals surface area contributed by atoms with Crippen molar-refractivity contribution < 1.29 is 8.42 Å². The normalized spacial score (nSPS) is 13.0. The summed E-state index contributed by atoms with van der Waals surface area (Å²) in [7, 11) is -3.70. The molecule has 0 aliphatic carbocycles. The maximum absolute atomic E-state index is 13.1. The van der Waals surface area contributed by atoms with Crippen molar-refractivity contribution in [3.8, 4) is 0 Å². The molecule has 4 rings (SSSR count). The first kappa shape index (κ1) is 16.6. The lowest BCUT2D eigenvalue weighted by Crippen LogP contribution is -2.13. The zero-order valence-electron chi connectivity index (χ0n) is 14.0. The summed E-state index contributed by atoms with van der Waals surface area (Å²) < 4.78 is 27.6. The van der Waals surface area contributed by atoms with Crippen molar-refractivity contribution in [3.63, 3.8) is 0 Å². The maximum Gasteiger partial charge on any atom is 0.268 e. The van der Waals surface area contributed by atoms with Gasteiger partial charge in [-0.05, 0) is 23.8 Å². The number of rotatable bonds is 4. The van der Waals surface area contributed by atoms with E-state index in [1.807, 2.05) is 48.5 Å². The Morgan fingerprint density at radius 1 is 0.769 bits per heavy atom. The van der Waals surface area contributed by atoms with Crippen LogP contribution in [-0.4, -0.2) is 12.4 Å². The Balaban J connectivity index is 1.93. The zero-order chi connectivity index (χ0) is 18.1. The lowest BCUT2D eigenvalue weighted by atomic mass is 9.99. The topological polar surface area (TPSA) is 65.1 Å². The van der Waals surface area contributed by atoms with Crippen LogP contribution in [0.1, 0.15) is 17.2 Å². The van der Waals surface area contributed by atoms with E-state index in [-0.39, 0.29) is 4.90 Å². The number of benzene rings is 3. The quantitative estimate of drug-likeness (QED) is 0.598. The molecule has 0 saturated carbocycles. The first-order chi connectivity index (χ1) is 12.6. The van der Waals surface area contributed by atoms with Gasteiger partial charge in [0, 0.05) is 17.1 Å². The van der Waals surface area contributed by atoms with Gasteiger partial charge in [-0.25, -0.2) is 12.4 Å². The van der Waals surface area contributed by atoms with E-state index in [1.54, 1.807) is 42.6 Å². The van der Waals surface area contributed by atoms with Gasteiger partial charge in [0.2, 0.25) is 0 Å². The number of para-hydroxylation sites is 1. The van der Waals surface area contributed by atoms with Gasteiger partial charge < -0.3 is 5.73 Å². The number of hydrogen-bond acceptors (Lipinski definition) is 3. The molecular weight excluding hydrogens is 344 g/mol. The summed E-state index contributed by atoms with van der Waals surface area (Å²) in [5.41, 5.74) is 8.81. The third-order valence-corrected chi connectivity index (χ3v) is 6.19. The van der Waals surface area contributed by atoms with E-state index in [9.17, 15) is 8.42 Å². The molecule has 0 radical (unpaired) electrons. The molecule has 26 heavy (non-hydrogen) atoms. The molecule has 1 heterocycles. The van der Waals surface area contributed by atoms with E-state index in [4.69, 9.17) is 5.73 Å². The minimum atomic E-state index is -3.70. The summed E-state index contributed by atoms with van der Waals surface area (Å²) in [5, 5.41) is 0.836. The van der Waals surface area contributed by atoms with Crippen LogP contribution in [0, 0.1) is 0 Å². The van der Waals surface area contributed by atoms with Gasteiger partial charge in [-0.1, -0.05) is 66.7 Å². The van der Waals surface area contributed by atoms with E-state index < -0.39 is 16.1 Å². The molecule has 0 aliphatic rings. The Kier molecular flexibility index (Phi) is 4.11. The third-order valence-electron chi connectivity index (χ3n) is 4.50. The van der Waals surface area contributed by atoms with E-state index in [1.165, 1.54) is 3.97 Å². The molecule has 0 saturated heterocycles.